The van der Waals surface area contributed by atoms with Gasteiger partial charge in [-0.3, -0.25) is 9.59 Å². The van der Waals surface area contributed by atoms with Crippen LogP contribution in [-0.2, 0) is 11.3 Å². The largest absolute Gasteiger partial charge is 0.348 e. The summed E-state index contributed by atoms with van der Waals surface area (Å²) in [6.07, 6.45) is 3.02. The third kappa shape index (κ3) is 5.62. The summed E-state index contributed by atoms with van der Waals surface area (Å²) in [4.78, 5) is 25.3. The van der Waals surface area contributed by atoms with E-state index in [4.69, 9.17) is 23.2 Å². The maximum atomic E-state index is 11.9. The number of halogens is 2. The van der Waals surface area contributed by atoms with Gasteiger partial charge in [0.1, 0.15) is 0 Å². The number of amides is 2. The Hall–Kier alpha value is -2.30. The zero-order valence-corrected chi connectivity index (χ0v) is 15.4. The standard InChI is InChI=1S/C19H18Cl2N2O2/c1-23(2)19(25)14-5-3-13(4-6-14)12-22-18(24)10-7-15-11-16(20)8-9-17(15)21/h3-11H,12H2,1-2H3,(H,22,24)/b10-7+. The lowest BCUT2D eigenvalue weighted by Gasteiger charge is -2.10. The highest BCUT2D eigenvalue weighted by Gasteiger charge is 2.07. The topological polar surface area (TPSA) is 49.4 Å². The van der Waals surface area contributed by atoms with Crippen LogP contribution in [0.3, 0.4) is 0 Å². The molecule has 0 spiro atoms. The van der Waals surface area contributed by atoms with Crippen LogP contribution in [-0.4, -0.2) is 30.8 Å². The second kappa shape index (κ2) is 8.70. The first-order valence-corrected chi connectivity index (χ1v) is 8.34. The second-order valence-electron chi connectivity index (χ2n) is 5.61. The lowest BCUT2D eigenvalue weighted by Crippen LogP contribution is -2.22. The molecule has 0 saturated heterocycles. The number of carbonyl (C=O) groups is 2. The van der Waals surface area contributed by atoms with Crippen LogP contribution in [0, 0.1) is 0 Å². The molecule has 0 aliphatic carbocycles. The van der Waals surface area contributed by atoms with Gasteiger partial charge in [0.15, 0.2) is 0 Å². The fourth-order valence-corrected chi connectivity index (χ4v) is 2.44. The summed E-state index contributed by atoms with van der Waals surface area (Å²) in [6.45, 7) is 0.364. The van der Waals surface area contributed by atoms with Crippen molar-refractivity contribution in [1.29, 1.82) is 0 Å². The maximum absolute atomic E-state index is 11.9. The van der Waals surface area contributed by atoms with E-state index in [2.05, 4.69) is 5.32 Å². The summed E-state index contributed by atoms with van der Waals surface area (Å²) in [5.74, 6) is -0.304. The Morgan fingerprint density at radius 1 is 1.08 bits per heavy atom. The SMILES string of the molecule is CN(C)C(=O)c1ccc(CNC(=O)/C=C/c2cc(Cl)ccc2Cl)cc1. The maximum Gasteiger partial charge on any atom is 0.253 e. The molecular weight excluding hydrogens is 359 g/mol. The lowest BCUT2D eigenvalue weighted by atomic mass is 10.1. The van der Waals surface area contributed by atoms with E-state index in [0.717, 1.165) is 5.56 Å². The van der Waals surface area contributed by atoms with E-state index in [1.807, 2.05) is 12.1 Å². The highest BCUT2D eigenvalue weighted by molar-refractivity contribution is 6.34. The third-order valence-corrected chi connectivity index (χ3v) is 4.03. The first-order valence-electron chi connectivity index (χ1n) is 7.58. The van der Waals surface area contributed by atoms with Crippen LogP contribution in [0.1, 0.15) is 21.5 Å². The van der Waals surface area contributed by atoms with Crippen molar-refractivity contribution in [2.45, 2.75) is 6.54 Å². The van der Waals surface area contributed by atoms with Crippen LogP contribution in [0.4, 0.5) is 0 Å². The van der Waals surface area contributed by atoms with Gasteiger partial charge in [-0.2, -0.15) is 0 Å². The number of hydrogen-bond donors (Lipinski definition) is 1. The van der Waals surface area contributed by atoms with E-state index < -0.39 is 0 Å². The molecular formula is C19H18Cl2N2O2. The van der Waals surface area contributed by atoms with Gasteiger partial charge in [-0.25, -0.2) is 0 Å². The Morgan fingerprint density at radius 2 is 1.76 bits per heavy atom. The Bertz CT molecular complexity index is 800. The molecule has 2 rings (SSSR count). The number of rotatable bonds is 5. The Balaban J connectivity index is 1.92. The fourth-order valence-electron chi connectivity index (χ4n) is 2.08. The van der Waals surface area contributed by atoms with E-state index in [1.54, 1.807) is 50.5 Å². The average molecular weight is 377 g/mol. The average Bonchev–Trinajstić information content (AvgIpc) is 2.60. The zero-order valence-electron chi connectivity index (χ0n) is 13.9. The van der Waals surface area contributed by atoms with E-state index >= 15 is 0 Å². The van der Waals surface area contributed by atoms with Gasteiger partial charge in [-0.05, 0) is 47.5 Å². The van der Waals surface area contributed by atoms with Crippen molar-refractivity contribution in [3.05, 3.63) is 75.3 Å². The fraction of sp³-hybridized carbons (Fsp3) is 0.158. The summed E-state index contributed by atoms with van der Waals surface area (Å²) in [7, 11) is 3.41. The number of hydrogen-bond acceptors (Lipinski definition) is 2. The molecule has 0 saturated carbocycles. The predicted octanol–water partition coefficient (Wildman–Crippen LogP) is 4.02. The van der Waals surface area contributed by atoms with Crippen LogP contribution in [0.2, 0.25) is 10.0 Å². The first kappa shape index (κ1) is 19.0. The molecule has 0 unspecified atom stereocenters. The van der Waals surface area contributed by atoms with Gasteiger partial charge in [0.05, 0.1) is 0 Å². The summed E-state index contributed by atoms with van der Waals surface area (Å²) in [5, 5.41) is 3.85. The molecule has 0 atom stereocenters. The van der Waals surface area contributed by atoms with Crippen LogP contribution < -0.4 is 5.32 Å². The summed E-state index contributed by atoms with van der Waals surface area (Å²) in [6, 6.07) is 12.2. The summed E-state index contributed by atoms with van der Waals surface area (Å²) < 4.78 is 0. The molecule has 6 heteroatoms. The highest BCUT2D eigenvalue weighted by Crippen LogP contribution is 2.21. The van der Waals surface area contributed by atoms with Gasteiger partial charge in [0, 0.05) is 42.3 Å². The van der Waals surface area contributed by atoms with E-state index in [-0.39, 0.29) is 11.8 Å². The predicted molar refractivity (Wildman–Crippen MR) is 102 cm³/mol. The van der Waals surface area contributed by atoms with Gasteiger partial charge >= 0.3 is 0 Å². The molecule has 25 heavy (non-hydrogen) atoms. The molecule has 1 N–H and O–H groups in total. The van der Waals surface area contributed by atoms with Crippen molar-refractivity contribution < 1.29 is 9.59 Å². The molecule has 4 nitrogen and oxygen atoms in total. The van der Waals surface area contributed by atoms with Crippen molar-refractivity contribution in [1.82, 2.24) is 10.2 Å². The van der Waals surface area contributed by atoms with Crippen LogP contribution >= 0.6 is 23.2 Å². The Labute approximate surface area is 157 Å². The molecule has 2 aromatic carbocycles. The highest BCUT2D eigenvalue weighted by atomic mass is 35.5. The van der Waals surface area contributed by atoms with E-state index in [1.165, 1.54) is 11.0 Å². The molecule has 130 valence electrons. The number of carbonyl (C=O) groups excluding carboxylic acids is 2. The molecule has 0 radical (unpaired) electrons. The van der Waals surface area contributed by atoms with Crippen molar-refractivity contribution in [3.63, 3.8) is 0 Å². The van der Waals surface area contributed by atoms with E-state index in [9.17, 15) is 9.59 Å². The van der Waals surface area contributed by atoms with Gasteiger partial charge in [-0.15, -0.1) is 0 Å². The molecule has 0 bridgehead atoms. The molecule has 2 aromatic rings. The van der Waals surface area contributed by atoms with Gasteiger partial charge in [0.25, 0.3) is 5.91 Å². The smallest absolute Gasteiger partial charge is 0.253 e. The minimum absolute atomic E-state index is 0.0584. The zero-order chi connectivity index (χ0) is 18.4. The monoisotopic (exact) mass is 376 g/mol. The van der Waals surface area contributed by atoms with Crippen LogP contribution in [0.25, 0.3) is 6.08 Å². The molecule has 0 aliphatic heterocycles. The van der Waals surface area contributed by atoms with Crippen molar-refractivity contribution in [2.75, 3.05) is 14.1 Å². The van der Waals surface area contributed by atoms with Gasteiger partial charge in [-0.1, -0.05) is 35.3 Å². The Morgan fingerprint density at radius 3 is 2.40 bits per heavy atom. The number of nitrogens with one attached hydrogen (secondary N) is 1. The Kier molecular flexibility index (Phi) is 6.62. The van der Waals surface area contributed by atoms with Gasteiger partial charge < -0.3 is 10.2 Å². The summed E-state index contributed by atoms with van der Waals surface area (Å²) >= 11 is 12.0. The first-order chi connectivity index (χ1) is 11.9. The van der Waals surface area contributed by atoms with Crippen molar-refractivity contribution >= 4 is 41.1 Å². The van der Waals surface area contributed by atoms with Crippen LogP contribution in [0.15, 0.2) is 48.5 Å². The minimum atomic E-state index is -0.246. The van der Waals surface area contributed by atoms with Crippen LogP contribution in [0.5, 0.6) is 0 Å². The molecule has 0 aliphatic rings. The second-order valence-corrected chi connectivity index (χ2v) is 6.46. The van der Waals surface area contributed by atoms with E-state index in [0.29, 0.717) is 27.7 Å². The number of benzene rings is 2. The molecule has 0 fully saturated rings. The molecule has 0 aromatic heterocycles. The molecule has 2 amide bonds. The lowest BCUT2D eigenvalue weighted by molar-refractivity contribution is -0.116. The normalized spacial score (nSPS) is 10.7. The van der Waals surface area contributed by atoms with Crippen molar-refractivity contribution in [3.8, 4) is 0 Å². The summed E-state index contributed by atoms with van der Waals surface area (Å²) in [5.41, 5.74) is 2.18. The minimum Gasteiger partial charge on any atom is -0.348 e. The molecule has 0 heterocycles. The van der Waals surface area contributed by atoms with Crippen molar-refractivity contribution in [2.24, 2.45) is 0 Å². The quantitative estimate of drug-likeness (QED) is 0.800. The number of nitrogens with zero attached hydrogens (tertiary/aromatic N) is 1. The van der Waals surface area contributed by atoms with Gasteiger partial charge in [0.2, 0.25) is 5.91 Å². The third-order valence-electron chi connectivity index (χ3n) is 3.45.